The van der Waals surface area contributed by atoms with Gasteiger partial charge in [-0.15, -0.1) is 11.3 Å². The van der Waals surface area contributed by atoms with Gasteiger partial charge >= 0.3 is 5.97 Å². The Bertz CT molecular complexity index is 416. The van der Waals surface area contributed by atoms with Gasteiger partial charge in [0.05, 0.1) is 6.42 Å². The summed E-state index contributed by atoms with van der Waals surface area (Å²) in [4.78, 5) is 25.8. The number of carboxylic acid groups (broad SMARTS) is 1. The minimum Gasteiger partial charge on any atom is -0.481 e. The molecule has 1 aromatic rings. The van der Waals surface area contributed by atoms with Crippen molar-refractivity contribution in [3.8, 4) is 0 Å². The van der Waals surface area contributed by atoms with Crippen LogP contribution in [0.5, 0.6) is 0 Å². The molecule has 18 heavy (non-hydrogen) atoms. The number of carbonyl (C=O) groups excluding carboxylic acids is 1. The molecule has 1 saturated heterocycles. The van der Waals surface area contributed by atoms with Crippen molar-refractivity contribution in [2.75, 3.05) is 6.54 Å². The third kappa shape index (κ3) is 3.32. The van der Waals surface area contributed by atoms with Crippen LogP contribution in [-0.2, 0) is 16.0 Å². The molecule has 0 radical (unpaired) electrons. The fourth-order valence-corrected chi connectivity index (χ4v) is 3.12. The minimum atomic E-state index is -0.821. The zero-order valence-electron chi connectivity index (χ0n) is 10.2. The SMILES string of the molecule is O=C(O)CC1CCCN1C(=O)CCc1cccs1. The van der Waals surface area contributed by atoms with Crippen molar-refractivity contribution in [1.82, 2.24) is 4.90 Å². The Balaban J connectivity index is 1.85. The van der Waals surface area contributed by atoms with E-state index in [1.165, 1.54) is 4.88 Å². The maximum absolute atomic E-state index is 12.1. The van der Waals surface area contributed by atoms with Crippen LogP contribution in [0.1, 0.15) is 30.6 Å². The summed E-state index contributed by atoms with van der Waals surface area (Å²) >= 11 is 1.65. The van der Waals surface area contributed by atoms with Gasteiger partial charge in [-0.1, -0.05) is 6.07 Å². The number of aliphatic carboxylic acids is 1. The molecule has 1 atom stereocenters. The average molecular weight is 267 g/mol. The summed E-state index contributed by atoms with van der Waals surface area (Å²) in [5.41, 5.74) is 0. The van der Waals surface area contributed by atoms with Gasteiger partial charge in [0.1, 0.15) is 0 Å². The topological polar surface area (TPSA) is 57.6 Å². The maximum atomic E-state index is 12.1. The van der Waals surface area contributed by atoms with Crippen LogP contribution in [-0.4, -0.2) is 34.5 Å². The van der Waals surface area contributed by atoms with E-state index in [0.29, 0.717) is 13.0 Å². The summed E-state index contributed by atoms with van der Waals surface area (Å²) < 4.78 is 0. The number of nitrogens with zero attached hydrogens (tertiary/aromatic N) is 1. The van der Waals surface area contributed by atoms with Crippen molar-refractivity contribution in [2.24, 2.45) is 0 Å². The van der Waals surface area contributed by atoms with Crippen LogP contribution >= 0.6 is 11.3 Å². The highest BCUT2D eigenvalue weighted by molar-refractivity contribution is 7.09. The molecule has 0 spiro atoms. The number of carboxylic acids is 1. The van der Waals surface area contributed by atoms with Gasteiger partial charge in [0.15, 0.2) is 0 Å². The number of amides is 1. The molecule has 2 heterocycles. The molecule has 1 fully saturated rings. The zero-order chi connectivity index (χ0) is 13.0. The van der Waals surface area contributed by atoms with E-state index in [1.807, 2.05) is 17.5 Å². The lowest BCUT2D eigenvalue weighted by atomic mass is 10.1. The number of likely N-dealkylation sites (tertiary alicyclic amines) is 1. The van der Waals surface area contributed by atoms with Crippen LogP contribution in [0, 0.1) is 0 Å². The summed E-state index contributed by atoms with van der Waals surface area (Å²) in [6.45, 7) is 0.710. The van der Waals surface area contributed by atoms with Gasteiger partial charge in [-0.3, -0.25) is 9.59 Å². The first-order chi connectivity index (χ1) is 8.66. The molecule has 0 aromatic carbocycles. The maximum Gasteiger partial charge on any atom is 0.305 e. The van der Waals surface area contributed by atoms with Crippen LogP contribution in [0.3, 0.4) is 0 Å². The molecule has 1 unspecified atom stereocenters. The van der Waals surface area contributed by atoms with E-state index < -0.39 is 5.97 Å². The monoisotopic (exact) mass is 267 g/mol. The molecule has 0 aliphatic carbocycles. The number of thiophene rings is 1. The Morgan fingerprint density at radius 3 is 3.00 bits per heavy atom. The van der Waals surface area contributed by atoms with Crippen LogP contribution in [0.15, 0.2) is 17.5 Å². The highest BCUT2D eigenvalue weighted by Gasteiger charge is 2.29. The first-order valence-corrected chi connectivity index (χ1v) is 7.08. The highest BCUT2D eigenvalue weighted by atomic mass is 32.1. The molecule has 1 aliphatic heterocycles. The summed E-state index contributed by atoms with van der Waals surface area (Å²) in [5, 5.41) is 10.8. The summed E-state index contributed by atoms with van der Waals surface area (Å²) in [6.07, 6.45) is 3.05. The van der Waals surface area contributed by atoms with Gasteiger partial charge in [-0.2, -0.15) is 0 Å². The van der Waals surface area contributed by atoms with E-state index in [2.05, 4.69) is 0 Å². The first-order valence-electron chi connectivity index (χ1n) is 6.20. The molecule has 98 valence electrons. The standard InChI is InChI=1S/C13H17NO3S/c15-12(6-5-11-4-2-8-18-11)14-7-1-3-10(14)9-13(16)17/h2,4,8,10H,1,3,5-7,9H2,(H,16,17). The molecule has 1 N–H and O–H groups in total. The number of carbonyl (C=O) groups is 2. The average Bonchev–Trinajstić information content (AvgIpc) is 2.95. The van der Waals surface area contributed by atoms with Crippen LogP contribution in [0.2, 0.25) is 0 Å². The third-order valence-corrected chi connectivity index (χ3v) is 4.21. The third-order valence-electron chi connectivity index (χ3n) is 3.27. The Labute approximate surface area is 110 Å². The van der Waals surface area contributed by atoms with Crippen LogP contribution in [0.25, 0.3) is 0 Å². The Morgan fingerprint density at radius 2 is 2.33 bits per heavy atom. The second kappa shape index (κ2) is 6.00. The van der Waals surface area contributed by atoms with Gasteiger partial charge < -0.3 is 10.0 Å². The second-order valence-corrected chi connectivity index (χ2v) is 5.59. The minimum absolute atomic E-state index is 0.0741. The van der Waals surface area contributed by atoms with Crippen molar-refractivity contribution in [3.05, 3.63) is 22.4 Å². The lowest BCUT2D eigenvalue weighted by molar-refractivity contribution is -0.139. The fourth-order valence-electron chi connectivity index (χ4n) is 2.41. The molecular weight excluding hydrogens is 250 g/mol. The lowest BCUT2D eigenvalue weighted by Gasteiger charge is -2.23. The smallest absolute Gasteiger partial charge is 0.305 e. The molecule has 0 bridgehead atoms. The van der Waals surface area contributed by atoms with Gasteiger partial charge in [0.2, 0.25) is 5.91 Å². The van der Waals surface area contributed by atoms with Gasteiger partial charge in [0, 0.05) is 23.9 Å². The molecule has 4 nitrogen and oxygen atoms in total. The summed E-state index contributed by atoms with van der Waals surface area (Å²) in [6, 6.07) is 3.91. The molecule has 0 saturated carbocycles. The molecule has 1 amide bonds. The van der Waals surface area contributed by atoms with Crippen LogP contribution < -0.4 is 0 Å². The molecule has 2 rings (SSSR count). The van der Waals surface area contributed by atoms with E-state index in [9.17, 15) is 9.59 Å². The van der Waals surface area contributed by atoms with E-state index in [4.69, 9.17) is 5.11 Å². The normalized spacial score (nSPS) is 19.1. The second-order valence-electron chi connectivity index (χ2n) is 4.56. The predicted octanol–water partition coefficient (Wildman–Crippen LogP) is 2.15. The van der Waals surface area contributed by atoms with Gasteiger partial charge in [-0.05, 0) is 30.7 Å². The lowest BCUT2D eigenvalue weighted by Crippen LogP contribution is -2.36. The molecule has 1 aromatic heterocycles. The zero-order valence-corrected chi connectivity index (χ0v) is 11.0. The summed E-state index contributed by atoms with van der Waals surface area (Å²) in [7, 11) is 0. The Hall–Kier alpha value is -1.36. The molecule has 1 aliphatic rings. The van der Waals surface area contributed by atoms with E-state index in [0.717, 1.165) is 19.3 Å². The Morgan fingerprint density at radius 1 is 1.50 bits per heavy atom. The number of rotatable bonds is 5. The van der Waals surface area contributed by atoms with Crippen molar-refractivity contribution in [1.29, 1.82) is 0 Å². The first kappa shape index (κ1) is 13.1. The number of hydrogen-bond acceptors (Lipinski definition) is 3. The van der Waals surface area contributed by atoms with E-state index in [-0.39, 0.29) is 18.4 Å². The number of hydrogen-bond donors (Lipinski definition) is 1. The Kier molecular flexibility index (Phi) is 4.36. The highest BCUT2D eigenvalue weighted by Crippen LogP contribution is 2.22. The van der Waals surface area contributed by atoms with E-state index in [1.54, 1.807) is 16.2 Å². The van der Waals surface area contributed by atoms with Crippen molar-refractivity contribution < 1.29 is 14.7 Å². The number of aryl methyl sites for hydroxylation is 1. The largest absolute Gasteiger partial charge is 0.481 e. The van der Waals surface area contributed by atoms with Crippen molar-refractivity contribution in [2.45, 2.75) is 38.1 Å². The van der Waals surface area contributed by atoms with Gasteiger partial charge in [0.25, 0.3) is 0 Å². The van der Waals surface area contributed by atoms with Crippen molar-refractivity contribution in [3.63, 3.8) is 0 Å². The van der Waals surface area contributed by atoms with Crippen LogP contribution in [0.4, 0.5) is 0 Å². The predicted molar refractivity (Wildman–Crippen MR) is 69.6 cm³/mol. The summed E-state index contributed by atoms with van der Waals surface area (Å²) in [5.74, 6) is -0.731. The quantitative estimate of drug-likeness (QED) is 0.889. The van der Waals surface area contributed by atoms with Crippen molar-refractivity contribution >= 4 is 23.2 Å². The van der Waals surface area contributed by atoms with E-state index >= 15 is 0 Å². The fraction of sp³-hybridized carbons (Fsp3) is 0.538. The molecular formula is C13H17NO3S. The van der Waals surface area contributed by atoms with Gasteiger partial charge in [-0.25, -0.2) is 0 Å². The molecule has 5 heteroatoms.